The molecule has 0 spiro atoms. The van der Waals surface area contributed by atoms with Gasteiger partial charge in [-0.1, -0.05) is 35.6 Å². The van der Waals surface area contributed by atoms with Crippen molar-refractivity contribution in [2.75, 3.05) is 10.6 Å². The number of fused-ring (bicyclic) bond motifs is 1. The Morgan fingerprint density at radius 3 is 2.22 bits per heavy atom. The summed E-state index contributed by atoms with van der Waals surface area (Å²) in [6, 6.07) is 13.9. The van der Waals surface area contributed by atoms with Crippen LogP contribution in [0.25, 0.3) is 10.6 Å². The maximum Gasteiger partial charge on any atom is 0.266 e. The van der Waals surface area contributed by atoms with Crippen LogP contribution in [0.2, 0.25) is 0 Å². The maximum atomic E-state index is 12.5. The highest BCUT2D eigenvalue weighted by atomic mass is 32.1. The van der Waals surface area contributed by atoms with E-state index in [1.54, 1.807) is 42.5 Å². The number of amides is 2. The highest BCUT2D eigenvalue weighted by molar-refractivity contribution is 7.18. The fourth-order valence-electron chi connectivity index (χ4n) is 2.55. The predicted octanol–water partition coefficient (Wildman–Crippen LogP) is 2.59. The number of hydrogen-bond donors (Lipinski definition) is 1. The van der Waals surface area contributed by atoms with E-state index in [-0.39, 0.29) is 11.8 Å². The van der Waals surface area contributed by atoms with Crippen molar-refractivity contribution in [2.24, 2.45) is 0 Å². The van der Waals surface area contributed by atoms with Gasteiger partial charge in [0.25, 0.3) is 11.8 Å². The third-order valence-corrected chi connectivity index (χ3v) is 4.39. The molecule has 0 unspecified atom stereocenters. The Labute approximate surface area is 135 Å². The summed E-state index contributed by atoms with van der Waals surface area (Å²) in [7, 11) is 0. The summed E-state index contributed by atoms with van der Waals surface area (Å²) >= 11 is 1.25. The molecule has 23 heavy (non-hydrogen) atoms. The van der Waals surface area contributed by atoms with Crippen molar-refractivity contribution in [2.45, 2.75) is 0 Å². The minimum atomic E-state index is -0.320. The third-order valence-electron chi connectivity index (χ3n) is 3.59. The van der Waals surface area contributed by atoms with Crippen molar-refractivity contribution in [3.63, 3.8) is 0 Å². The van der Waals surface area contributed by atoms with Crippen molar-refractivity contribution in [3.8, 4) is 10.6 Å². The first kappa shape index (κ1) is 13.6. The van der Waals surface area contributed by atoms with Gasteiger partial charge in [0, 0.05) is 5.56 Å². The molecule has 0 saturated heterocycles. The van der Waals surface area contributed by atoms with Gasteiger partial charge in [-0.25, -0.2) is 4.90 Å². The number of hydrogen-bond acceptors (Lipinski definition) is 6. The van der Waals surface area contributed by atoms with Crippen LogP contribution in [-0.4, -0.2) is 22.0 Å². The third kappa shape index (κ3) is 2.09. The van der Waals surface area contributed by atoms with E-state index in [9.17, 15) is 9.59 Å². The molecular weight excluding hydrogens is 312 g/mol. The summed E-state index contributed by atoms with van der Waals surface area (Å²) in [5.41, 5.74) is 7.70. The molecule has 2 N–H and O–H groups in total. The first-order valence-electron chi connectivity index (χ1n) is 6.82. The van der Waals surface area contributed by atoms with E-state index in [0.717, 1.165) is 5.56 Å². The molecule has 4 rings (SSSR count). The Bertz CT molecular complexity index is 916. The summed E-state index contributed by atoms with van der Waals surface area (Å²) in [5.74, 6) is -0.640. The normalized spacial score (nSPS) is 13.5. The Morgan fingerprint density at radius 1 is 0.913 bits per heavy atom. The number of carbonyl (C=O) groups is 2. The molecule has 0 atom stereocenters. The van der Waals surface area contributed by atoms with Crippen LogP contribution in [-0.2, 0) is 0 Å². The van der Waals surface area contributed by atoms with Gasteiger partial charge >= 0.3 is 0 Å². The van der Waals surface area contributed by atoms with Crippen LogP contribution in [0.3, 0.4) is 0 Å². The molecule has 1 aliphatic rings. The number of benzene rings is 2. The van der Waals surface area contributed by atoms with Crippen LogP contribution in [0.15, 0.2) is 48.5 Å². The SMILES string of the molecule is Nc1nnc(-c2cccc(N3C(=O)c4ccccc4C3=O)c2)s1. The number of aromatic nitrogens is 2. The molecule has 2 amide bonds. The molecule has 6 nitrogen and oxygen atoms in total. The fourth-order valence-corrected chi connectivity index (χ4v) is 3.16. The highest BCUT2D eigenvalue weighted by Crippen LogP contribution is 2.32. The minimum Gasteiger partial charge on any atom is -0.374 e. The van der Waals surface area contributed by atoms with Crippen LogP contribution in [0.5, 0.6) is 0 Å². The van der Waals surface area contributed by atoms with Crippen molar-refractivity contribution in [3.05, 3.63) is 59.7 Å². The molecule has 7 heteroatoms. The zero-order chi connectivity index (χ0) is 16.0. The van der Waals surface area contributed by atoms with Crippen LogP contribution in [0.4, 0.5) is 10.8 Å². The largest absolute Gasteiger partial charge is 0.374 e. The van der Waals surface area contributed by atoms with Crippen LogP contribution in [0.1, 0.15) is 20.7 Å². The van der Waals surface area contributed by atoms with Gasteiger partial charge in [0.2, 0.25) is 5.13 Å². The van der Waals surface area contributed by atoms with E-state index in [1.165, 1.54) is 16.2 Å². The lowest BCUT2D eigenvalue weighted by Crippen LogP contribution is -2.29. The van der Waals surface area contributed by atoms with E-state index in [2.05, 4.69) is 10.2 Å². The summed E-state index contributed by atoms with van der Waals surface area (Å²) in [4.78, 5) is 26.2. The van der Waals surface area contributed by atoms with Gasteiger partial charge in [-0.3, -0.25) is 9.59 Å². The number of nitrogen functional groups attached to an aromatic ring is 1. The zero-order valence-electron chi connectivity index (χ0n) is 11.8. The second kappa shape index (κ2) is 4.99. The standard InChI is InChI=1S/C16H10N4O2S/c17-16-19-18-13(23-16)9-4-3-5-10(8-9)20-14(21)11-6-1-2-7-12(11)15(20)22/h1-8H,(H2,17,19). The van der Waals surface area contributed by atoms with E-state index in [1.807, 2.05) is 6.07 Å². The molecule has 0 bridgehead atoms. The van der Waals surface area contributed by atoms with E-state index < -0.39 is 0 Å². The van der Waals surface area contributed by atoms with Gasteiger partial charge in [0.05, 0.1) is 16.8 Å². The van der Waals surface area contributed by atoms with Gasteiger partial charge in [0.1, 0.15) is 5.01 Å². The smallest absolute Gasteiger partial charge is 0.266 e. The molecule has 2 aromatic carbocycles. The zero-order valence-corrected chi connectivity index (χ0v) is 12.6. The second-order valence-corrected chi connectivity index (χ2v) is 6.00. The summed E-state index contributed by atoms with van der Waals surface area (Å²) in [6.45, 7) is 0. The summed E-state index contributed by atoms with van der Waals surface area (Å²) < 4.78 is 0. The molecule has 112 valence electrons. The molecule has 1 aliphatic heterocycles. The van der Waals surface area contributed by atoms with E-state index >= 15 is 0 Å². The van der Waals surface area contributed by atoms with Crippen LogP contribution >= 0.6 is 11.3 Å². The Hall–Kier alpha value is -3.06. The number of nitrogens with two attached hydrogens (primary N) is 1. The number of anilines is 2. The molecular formula is C16H10N4O2S. The fraction of sp³-hybridized carbons (Fsp3) is 0. The maximum absolute atomic E-state index is 12.5. The number of carbonyl (C=O) groups excluding carboxylic acids is 2. The highest BCUT2D eigenvalue weighted by Gasteiger charge is 2.36. The van der Waals surface area contributed by atoms with Crippen molar-refractivity contribution in [1.82, 2.24) is 10.2 Å². The molecule has 2 heterocycles. The van der Waals surface area contributed by atoms with E-state index in [4.69, 9.17) is 5.73 Å². The number of nitrogens with zero attached hydrogens (tertiary/aromatic N) is 3. The van der Waals surface area contributed by atoms with Gasteiger partial charge in [-0.15, -0.1) is 10.2 Å². The lowest BCUT2D eigenvalue weighted by atomic mass is 10.1. The quantitative estimate of drug-likeness (QED) is 0.733. The first-order valence-corrected chi connectivity index (χ1v) is 7.64. The summed E-state index contributed by atoms with van der Waals surface area (Å²) in [6.07, 6.45) is 0. The lowest BCUT2D eigenvalue weighted by Gasteiger charge is -2.14. The Morgan fingerprint density at radius 2 is 1.61 bits per heavy atom. The Kier molecular flexibility index (Phi) is 2.95. The average Bonchev–Trinajstić information content (AvgIpc) is 3.11. The van der Waals surface area contributed by atoms with Gasteiger partial charge in [-0.2, -0.15) is 0 Å². The lowest BCUT2D eigenvalue weighted by molar-refractivity contribution is 0.0926. The van der Waals surface area contributed by atoms with Crippen LogP contribution < -0.4 is 10.6 Å². The molecule has 1 aromatic heterocycles. The second-order valence-electron chi connectivity index (χ2n) is 4.99. The van der Waals surface area contributed by atoms with E-state index in [0.29, 0.717) is 27.0 Å². The van der Waals surface area contributed by atoms with Crippen molar-refractivity contribution in [1.29, 1.82) is 0 Å². The van der Waals surface area contributed by atoms with Gasteiger partial charge in [0.15, 0.2) is 0 Å². The minimum absolute atomic E-state index is 0.320. The van der Waals surface area contributed by atoms with Crippen molar-refractivity contribution >= 4 is 34.0 Å². The number of rotatable bonds is 2. The topological polar surface area (TPSA) is 89.2 Å². The van der Waals surface area contributed by atoms with Gasteiger partial charge < -0.3 is 5.73 Å². The molecule has 3 aromatic rings. The molecule has 0 fully saturated rings. The molecule has 0 radical (unpaired) electrons. The Balaban J connectivity index is 1.78. The molecule has 0 aliphatic carbocycles. The predicted molar refractivity (Wildman–Crippen MR) is 87.3 cm³/mol. The van der Waals surface area contributed by atoms with Crippen molar-refractivity contribution < 1.29 is 9.59 Å². The number of imide groups is 1. The first-order chi connectivity index (χ1) is 11.1. The average molecular weight is 322 g/mol. The van der Waals surface area contributed by atoms with Gasteiger partial charge in [-0.05, 0) is 24.3 Å². The molecule has 0 saturated carbocycles. The summed E-state index contributed by atoms with van der Waals surface area (Å²) in [5, 5.41) is 8.77. The monoisotopic (exact) mass is 322 g/mol. The van der Waals surface area contributed by atoms with Crippen LogP contribution in [0, 0.1) is 0 Å².